The van der Waals surface area contributed by atoms with E-state index in [9.17, 15) is 4.79 Å². The number of H-pyrrole nitrogens is 1. The first-order valence-corrected chi connectivity index (χ1v) is 14.3. The Bertz CT molecular complexity index is 1520. The number of pyridine rings is 1. The molecule has 1 aliphatic carbocycles. The molecule has 5 rings (SSSR count). The topological polar surface area (TPSA) is 98.2 Å². The van der Waals surface area contributed by atoms with E-state index in [2.05, 4.69) is 64.4 Å². The van der Waals surface area contributed by atoms with Gasteiger partial charge in [0.25, 0.3) is 5.56 Å². The van der Waals surface area contributed by atoms with Crippen molar-refractivity contribution >= 4 is 10.9 Å². The fraction of sp³-hybridized carbons (Fsp3) is 0.484. The monoisotopic (exact) mass is 544 g/mol. The molecular formula is C31H40N6O3. The zero-order chi connectivity index (χ0) is 28.2. The van der Waals surface area contributed by atoms with Crippen molar-refractivity contribution in [3.05, 3.63) is 74.8 Å². The molecule has 2 heterocycles. The van der Waals surface area contributed by atoms with Gasteiger partial charge in [0.2, 0.25) is 0 Å². The van der Waals surface area contributed by atoms with Crippen molar-refractivity contribution in [1.82, 2.24) is 30.1 Å². The largest absolute Gasteiger partial charge is 0.493 e. The number of hydrogen-bond acceptors (Lipinski definition) is 7. The number of nitrogens with zero attached hydrogens (tertiary/aromatic N) is 5. The second-order valence-electron chi connectivity index (χ2n) is 10.9. The standard InChI is InChI=1S/C31H40N6O3/c1-6-27(30-33-34-35-37(30)24-9-7-8-10-24)36(14-13-22-11-12-28(39-4)29(17-22)40-5)19-23-18-25-21(3)15-20(2)16-26(25)32-31(23)38/h11-12,15-18,24,27H,6-10,13-14,19H2,1-5H3,(H,32,38)/t27-/m0/s1. The Morgan fingerprint density at radius 1 is 1.07 bits per heavy atom. The molecule has 1 fully saturated rings. The fourth-order valence-corrected chi connectivity index (χ4v) is 6.14. The SMILES string of the molecule is CC[C@@H](c1nnnn1C1CCCC1)N(CCc1ccc(OC)c(OC)c1)Cc1cc2c(C)cc(C)cc2[nH]c1=O. The van der Waals surface area contributed by atoms with E-state index >= 15 is 0 Å². The maximum Gasteiger partial charge on any atom is 0.252 e. The van der Waals surface area contributed by atoms with Gasteiger partial charge in [0.1, 0.15) is 0 Å². The number of benzene rings is 2. The molecule has 2 aromatic heterocycles. The Balaban J connectivity index is 1.50. The van der Waals surface area contributed by atoms with Crippen molar-refractivity contribution in [2.75, 3.05) is 20.8 Å². The maximum absolute atomic E-state index is 13.3. The molecule has 0 spiro atoms. The summed E-state index contributed by atoms with van der Waals surface area (Å²) in [6.45, 7) is 7.52. The van der Waals surface area contributed by atoms with Gasteiger partial charge in [-0.05, 0) is 90.9 Å². The van der Waals surface area contributed by atoms with Crippen LogP contribution in [0.1, 0.15) is 79.2 Å². The lowest BCUT2D eigenvalue weighted by Gasteiger charge is -2.31. The number of aryl methyl sites for hydroxylation is 2. The van der Waals surface area contributed by atoms with E-state index in [1.165, 1.54) is 12.8 Å². The van der Waals surface area contributed by atoms with Gasteiger partial charge in [-0.15, -0.1) is 5.10 Å². The third-order valence-electron chi connectivity index (χ3n) is 8.21. The predicted octanol–water partition coefficient (Wildman–Crippen LogP) is 5.46. The van der Waals surface area contributed by atoms with E-state index in [0.29, 0.717) is 24.1 Å². The number of hydrogen-bond donors (Lipinski definition) is 1. The van der Waals surface area contributed by atoms with Gasteiger partial charge in [-0.2, -0.15) is 0 Å². The van der Waals surface area contributed by atoms with Gasteiger partial charge in [-0.1, -0.05) is 31.9 Å². The van der Waals surface area contributed by atoms with Crippen LogP contribution in [-0.2, 0) is 13.0 Å². The summed E-state index contributed by atoms with van der Waals surface area (Å²) in [5.74, 6) is 2.30. The molecule has 0 amide bonds. The van der Waals surface area contributed by atoms with Crippen LogP contribution in [-0.4, -0.2) is 50.9 Å². The molecule has 1 N–H and O–H groups in total. The van der Waals surface area contributed by atoms with Gasteiger partial charge in [0.05, 0.1) is 26.3 Å². The average molecular weight is 545 g/mol. The molecule has 0 radical (unpaired) electrons. The Hall–Kier alpha value is -3.72. The van der Waals surface area contributed by atoms with E-state index in [-0.39, 0.29) is 11.6 Å². The Morgan fingerprint density at radius 2 is 1.85 bits per heavy atom. The summed E-state index contributed by atoms with van der Waals surface area (Å²) in [5.41, 5.74) is 4.98. The minimum absolute atomic E-state index is 0.0371. The van der Waals surface area contributed by atoms with E-state index < -0.39 is 0 Å². The van der Waals surface area contributed by atoms with E-state index in [1.807, 2.05) is 22.9 Å². The summed E-state index contributed by atoms with van der Waals surface area (Å²) in [6, 6.07) is 12.6. The highest BCUT2D eigenvalue weighted by Gasteiger charge is 2.29. The highest BCUT2D eigenvalue weighted by atomic mass is 16.5. The van der Waals surface area contributed by atoms with Gasteiger partial charge < -0.3 is 14.5 Å². The molecule has 4 aromatic rings. The summed E-state index contributed by atoms with van der Waals surface area (Å²) in [6.07, 6.45) is 6.20. The summed E-state index contributed by atoms with van der Waals surface area (Å²) in [5, 5.41) is 14.1. The van der Waals surface area contributed by atoms with Crippen LogP contribution in [0.4, 0.5) is 0 Å². The van der Waals surface area contributed by atoms with E-state index in [4.69, 9.17) is 9.47 Å². The van der Waals surface area contributed by atoms with Crippen molar-refractivity contribution in [2.45, 2.75) is 77.9 Å². The minimum atomic E-state index is -0.0566. The molecule has 0 saturated heterocycles. The molecule has 1 aliphatic rings. The first-order valence-electron chi connectivity index (χ1n) is 14.3. The average Bonchev–Trinajstić information content (AvgIpc) is 3.65. The number of tetrazole rings is 1. The van der Waals surface area contributed by atoms with Crippen LogP contribution >= 0.6 is 0 Å². The number of nitrogens with one attached hydrogen (secondary N) is 1. The normalized spacial score (nSPS) is 14.8. The molecule has 212 valence electrons. The molecule has 40 heavy (non-hydrogen) atoms. The van der Waals surface area contributed by atoms with Gasteiger partial charge in [-0.25, -0.2) is 4.68 Å². The predicted molar refractivity (Wildman–Crippen MR) is 156 cm³/mol. The summed E-state index contributed by atoms with van der Waals surface area (Å²) in [4.78, 5) is 18.8. The maximum atomic E-state index is 13.3. The number of fused-ring (bicyclic) bond motifs is 1. The van der Waals surface area contributed by atoms with Gasteiger partial charge in [0, 0.05) is 29.6 Å². The second kappa shape index (κ2) is 12.2. The summed E-state index contributed by atoms with van der Waals surface area (Å²) < 4.78 is 13.0. The highest BCUT2D eigenvalue weighted by molar-refractivity contribution is 5.83. The van der Waals surface area contributed by atoms with E-state index in [1.54, 1.807) is 14.2 Å². The van der Waals surface area contributed by atoms with Crippen LogP contribution < -0.4 is 15.0 Å². The number of methoxy groups -OCH3 is 2. The molecule has 9 heteroatoms. The molecule has 1 atom stereocenters. The van der Waals surface area contributed by atoms with Crippen LogP contribution in [0.25, 0.3) is 10.9 Å². The number of aromatic nitrogens is 5. The lowest BCUT2D eigenvalue weighted by Crippen LogP contribution is -2.34. The van der Waals surface area contributed by atoms with Crippen molar-refractivity contribution in [2.24, 2.45) is 0 Å². The van der Waals surface area contributed by atoms with Gasteiger partial charge in [-0.3, -0.25) is 9.69 Å². The van der Waals surface area contributed by atoms with Crippen molar-refractivity contribution in [3.8, 4) is 11.5 Å². The minimum Gasteiger partial charge on any atom is -0.493 e. The van der Waals surface area contributed by atoms with Crippen LogP contribution in [0.3, 0.4) is 0 Å². The zero-order valence-electron chi connectivity index (χ0n) is 24.2. The lowest BCUT2D eigenvalue weighted by atomic mass is 10.0. The molecule has 0 aliphatic heterocycles. The number of rotatable bonds is 11. The third kappa shape index (κ3) is 5.75. The molecule has 0 bridgehead atoms. The van der Waals surface area contributed by atoms with Crippen molar-refractivity contribution in [3.63, 3.8) is 0 Å². The van der Waals surface area contributed by atoms with Crippen molar-refractivity contribution in [1.29, 1.82) is 0 Å². The number of ether oxygens (including phenoxy) is 2. The Kier molecular flexibility index (Phi) is 8.49. The highest BCUT2D eigenvalue weighted by Crippen LogP contribution is 2.34. The Morgan fingerprint density at radius 3 is 2.58 bits per heavy atom. The smallest absolute Gasteiger partial charge is 0.252 e. The quantitative estimate of drug-likeness (QED) is 0.268. The summed E-state index contributed by atoms with van der Waals surface area (Å²) >= 11 is 0. The summed E-state index contributed by atoms with van der Waals surface area (Å²) in [7, 11) is 3.29. The first-order chi connectivity index (χ1) is 19.4. The zero-order valence-corrected chi connectivity index (χ0v) is 24.2. The molecule has 1 saturated carbocycles. The van der Waals surface area contributed by atoms with E-state index in [0.717, 1.165) is 71.2 Å². The molecular weight excluding hydrogens is 504 g/mol. The third-order valence-corrected chi connectivity index (χ3v) is 8.21. The van der Waals surface area contributed by atoms with Gasteiger partial charge in [0.15, 0.2) is 17.3 Å². The van der Waals surface area contributed by atoms with Crippen molar-refractivity contribution < 1.29 is 9.47 Å². The van der Waals surface area contributed by atoms with Crippen LogP contribution in [0.2, 0.25) is 0 Å². The van der Waals surface area contributed by atoms with Crippen LogP contribution in [0.5, 0.6) is 11.5 Å². The second-order valence-corrected chi connectivity index (χ2v) is 10.9. The first kappa shape index (κ1) is 27.8. The fourth-order valence-electron chi connectivity index (χ4n) is 6.14. The lowest BCUT2D eigenvalue weighted by molar-refractivity contribution is 0.169. The van der Waals surface area contributed by atoms with Gasteiger partial charge >= 0.3 is 0 Å². The molecule has 0 unspecified atom stereocenters. The number of aromatic amines is 1. The molecule has 2 aromatic carbocycles. The Labute approximate surface area is 235 Å². The molecule has 9 nitrogen and oxygen atoms in total. The van der Waals surface area contributed by atoms with Crippen LogP contribution in [0.15, 0.2) is 41.2 Å². The van der Waals surface area contributed by atoms with Crippen LogP contribution in [0, 0.1) is 13.8 Å².